The van der Waals surface area contributed by atoms with Crippen molar-refractivity contribution in [2.45, 2.75) is 13.0 Å². The van der Waals surface area contributed by atoms with Crippen molar-refractivity contribution in [2.75, 3.05) is 50.7 Å². The van der Waals surface area contributed by atoms with E-state index in [1.807, 2.05) is 30.4 Å². The fraction of sp³-hybridized carbons (Fsp3) is 0.524. The van der Waals surface area contributed by atoms with Crippen LogP contribution >= 0.6 is 0 Å². The summed E-state index contributed by atoms with van der Waals surface area (Å²) in [6.45, 7) is 7.02. The van der Waals surface area contributed by atoms with E-state index in [-0.39, 0.29) is 6.03 Å². The van der Waals surface area contributed by atoms with Crippen LogP contribution in [-0.4, -0.2) is 71.2 Å². The molecule has 1 atom stereocenters. The standard InChI is InChI=1S/C21H30N6O/c1-24-10-8-22-20(24)17-25-11-13-26(14-12-25)21(28)23-15-18-7-9-27(16-18)19-5-3-2-4-6-19/h2-6,8,10,18H,7,9,11-17H2,1H3,(H,23,28)/t18-/m0/s1. The van der Waals surface area contributed by atoms with Crippen molar-refractivity contribution in [3.8, 4) is 0 Å². The SMILES string of the molecule is Cn1ccnc1CN1CCN(C(=O)NC[C@@H]2CCN(c3ccccc3)C2)CC1. The van der Waals surface area contributed by atoms with E-state index in [0.717, 1.165) is 64.6 Å². The van der Waals surface area contributed by atoms with Crippen LogP contribution in [0.1, 0.15) is 12.2 Å². The number of carbonyl (C=O) groups excluding carboxylic acids is 1. The molecular weight excluding hydrogens is 352 g/mol. The molecule has 0 unspecified atom stereocenters. The van der Waals surface area contributed by atoms with E-state index in [1.54, 1.807) is 0 Å². The molecule has 28 heavy (non-hydrogen) atoms. The molecule has 2 aliphatic heterocycles. The molecule has 7 heteroatoms. The quantitative estimate of drug-likeness (QED) is 0.856. The lowest BCUT2D eigenvalue weighted by atomic mass is 10.1. The summed E-state index contributed by atoms with van der Waals surface area (Å²) in [6.07, 6.45) is 4.94. The number of piperazine rings is 1. The summed E-state index contributed by atoms with van der Waals surface area (Å²) >= 11 is 0. The fourth-order valence-corrected chi connectivity index (χ4v) is 4.07. The number of hydrogen-bond acceptors (Lipinski definition) is 4. The van der Waals surface area contributed by atoms with Crippen LogP contribution in [0.5, 0.6) is 0 Å². The van der Waals surface area contributed by atoms with Gasteiger partial charge >= 0.3 is 6.03 Å². The Morgan fingerprint density at radius 2 is 1.93 bits per heavy atom. The number of aromatic nitrogens is 2. The van der Waals surface area contributed by atoms with Crippen LogP contribution < -0.4 is 10.2 Å². The minimum absolute atomic E-state index is 0.0785. The van der Waals surface area contributed by atoms with Gasteiger partial charge in [0, 0.05) is 70.9 Å². The number of nitrogens with zero attached hydrogens (tertiary/aromatic N) is 5. The maximum Gasteiger partial charge on any atom is 0.317 e. The van der Waals surface area contributed by atoms with Gasteiger partial charge in [-0.15, -0.1) is 0 Å². The summed E-state index contributed by atoms with van der Waals surface area (Å²) in [5.74, 6) is 1.59. The van der Waals surface area contributed by atoms with E-state index >= 15 is 0 Å². The van der Waals surface area contributed by atoms with E-state index < -0.39 is 0 Å². The fourth-order valence-electron chi connectivity index (χ4n) is 4.07. The number of imidazole rings is 1. The Morgan fingerprint density at radius 3 is 2.64 bits per heavy atom. The molecule has 0 spiro atoms. The van der Waals surface area contributed by atoms with Crippen LogP contribution in [-0.2, 0) is 13.6 Å². The Balaban J connectivity index is 1.18. The van der Waals surface area contributed by atoms with Crippen LogP contribution in [0, 0.1) is 5.92 Å². The van der Waals surface area contributed by atoms with E-state index in [4.69, 9.17) is 0 Å². The molecule has 0 aliphatic carbocycles. The van der Waals surface area contributed by atoms with Gasteiger partial charge in [0.25, 0.3) is 0 Å². The number of aryl methyl sites for hydroxylation is 1. The number of para-hydroxylation sites is 1. The molecular formula is C21H30N6O. The normalized spacial score (nSPS) is 20.5. The van der Waals surface area contributed by atoms with Gasteiger partial charge < -0.3 is 19.7 Å². The molecule has 1 aromatic heterocycles. The highest BCUT2D eigenvalue weighted by Gasteiger charge is 2.25. The minimum Gasteiger partial charge on any atom is -0.371 e. The summed E-state index contributed by atoms with van der Waals surface area (Å²) < 4.78 is 2.05. The van der Waals surface area contributed by atoms with Gasteiger partial charge in [-0.3, -0.25) is 4.90 Å². The smallest absolute Gasteiger partial charge is 0.317 e. The van der Waals surface area contributed by atoms with Crippen LogP contribution in [0.15, 0.2) is 42.7 Å². The van der Waals surface area contributed by atoms with Gasteiger partial charge in [-0.2, -0.15) is 0 Å². The molecule has 3 heterocycles. The van der Waals surface area contributed by atoms with Crippen molar-refractivity contribution in [1.82, 2.24) is 24.7 Å². The summed E-state index contributed by atoms with van der Waals surface area (Å²) in [6, 6.07) is 10.6. The lowest BCUT2D eigenvalue weighted by Gasteiger charge is -2.34. The van der Waals surface area contributed by atoms with Gasteiger partial charge in [-0.25, -0.2) is 9.78 Å². The van der Waals surface area contributed by atoms with Crippen molar-refractivity contribution < 1.29 is 4.79 Å². The summed E-state index contributed by atoms with van der Waals surface area (Å²) in [5, 5.41) is 3.16. The molecule has 2 aliphatic rings. The molecule has 0 radical (unpaired) electrons. The van der Waals surface area contributed by atoms with Crippen molar-refractivity contribution >= 4 is 11.7 Å². The second kappa shape index (κ2) is 8.65. The van der Waals surface area contributed by atoms with Gasteiger partial charge in [0.15, 0.2) is 0 Å². The van der Waals surface area contributed by atoms with Gasteiger partial charge in [0.05, 0.1) is 6.54 Å². The largest absolute Gasteiger partial charge is 0.371 e. The van der Waals surface area contributed by atoms with Gasteiger partial charge in [-0.1, -0.05) is 18.2 Å². The van der Waals surface area contributed by atoms with E-state index in [0.29, 0.717) is 5.92 Å². The average molecular weight is 383 g/mol. The topological polar surface area (TPSA) is 56.6 Å². The Labute approximate surface area is 166 Å². The van der Waals surface area contributed by atoms with Crippen molar-refractivity contribution in [3.63, 3.8) is 0 Å². The van der Waals surface area contributed by atoms with Gasteiger partial charge in [0.1, 0.15) is 5.82 Å². The summed E-state index contributed by atoms with van der Waals surface area (Å²) in [5.41, 5.74) is 1.28. The maximum atomic E-state index is 12.6. The molecule has 2 aromatic rings. The molecule has 2 fully saturated rings. The molecule has 4 rings (SSSR count). The molecule has 7 nitrogen and oxygen atoms in total. The minimum atomic E-state index is 0.0785. The zero-order valence-corrected chi connectivity index (χ0v) is 16.6. The first-order chi connectivity index (χ1) is 13.7. The average Bonchev–Trinajstić information content (AvgIpc) is 3.37. The molecule has 2 saturated heterocycles. The van der Waals surface area contributed by atoms with Gasteiger partial charge in [-0.05, 0) is 24.5 Å². The number of rotatable bonds is 5. The first-order valence-corrected chi connectivity index (χ1v) is 10.2. The third-order valence-corrected chi connectivity index (χ3v) is 5.89. The van der Waals surface area contributed by atoms with Crippen LogP contribution in [0.4, 0.5) is 10.5 Å². The highest BCUT2D eigenvalue weighted by molar-refractivity contribution is 5.74. The number of hydrogen-bond donors (Lipinski definition) is 1. The van der Waals surface area contributed by atoms with Gasteiger partial charge in [0.2, 0.25) is 0 Å². The molecule has 0 saturated carbocycles. The van der Waals surface area contributed by atoms with E-state index in [9.17, 15) is 4.79 Å². The number of urea groups is 1. The predicted molar refractivity (Wildman–Crippen MR) is 110 cm³/mol. The molecule has 2 amide bonds. The molecule has 0 bridgehead atoms. The second-order valence-corrected chi connectivity index (χ2v) is 7.84. The lowest BCUT2D eigenvalue weighted by Crippen LogP contribution is -2.52. The first-order valence-electron chi connectivity index (χ1n) is 10.2. The van der Waals surface area contributed by atoms with E-state index in [1.165, 1.54) is 5.69 Å². The molecule has 150 valence electrons. The Kier molecular flexibility index (Phi) is 5.81. The Morgan fingerprint density at radius 1 is 1.14 bits per heavy atom. The number of benzene rings is 1. The highest BCUT2D eigenvalue weighted by Crippen LogP contribution is 2.23. The first kappa shape index (κ1) is 18.8. The predicted octanol–water partition coefficient (Wildman–Crippen LogP) is 1.77. The van der Waals surface area contributed by atoms with Crippen molar-refractivity contribution in [1.29, 1.82) is 0 Å². The summed E-state index contributed by atoms with van der Waals surface area (Å²) in [7, 11) is 2.02. The third-order valence-electron chi connectivity index (χ3n) is 5.89. The molecule has 1 N–H and O–H groups in total. The summed E-state index contributed by atoms with van der Waals surface area (Å²) in [4.78, 5) is 23.7. The lowest BCUT2D eigenvalue weighted by molar-refractivity contribution is 0.132. The Hall–Kier alpha value is -2.54. The number of anilines is 1. The zero-order chi connectivity index (χ0) is 19.3. The van der Waals surface area contributed by atoms with Crippen molar-refractivity contribution in [2.24, 2.45) is 13.0 Å². The van der Waals surface area contributed by atoms with Crippen LogP contribution in [0.2, 0.25) is 0 Å². The van der Waals surface area contributed by atoms with E-state index in [2.05, 4.69) is 48.9 Å². The Bertz CT molecular complexity index is 768. The van der Waals surface area contributed by atoms with Crippen LogP contribution in [0.3, 0.4) is 0 Å². The maximum absolute atomic E-state index is 12.6. The molecule has 1 aromatic carbocycles. The number of nitrogens with one attached hydrogen (secondary N) is 1. The monoisotopic (exact) mass is 382 g/mol. The third kappa shape index (κ3) is 4.47. The second-order valence-electron chi connectivity index (χ2n) is 7.84. The highest BCUT2D eigenvalue weighted by atomic mass is 16.2. The number of amides is 2. The van der Waals surface area contributed by atoms with Crippen molar-refractivity contribution in [3.05, 3.63) is 48.5 Å². The van der Waals surface area contributed by atoms with Crippen LogP contribution in [0.25, 0.3) is 0 Å². The number of carbonyl (C=O) groups is 1. The zero-order valence-electron chi connectivity index (χ0n) is 16.6.